The number of benzene rings is 2. The summed E-state index contributed by atoms with van der Waals surface area (Å²) in [5, 5.41) is 30.4. The Kier molecular flexibility index (Phi) is 11.6. The Bertz CT molecular complexity index is 1180. The van der Waals surface area contributed by atoms with Crippen molar-refractivity contribution in [3.8, 4) is 0 Å². The number of carboxylic acids is 4. The van der Waals surface area contributed by atoms with Gasteiger partial charge >= 0.3 is 23.9 Å². The molecule has 0 aromatic heterocycles. The van der Waals surface area contributed by atoms with E-state index in [1.165, 1.54) is 79.6 Å². The number of halogens is 1. The van der Waals surface area contributed by atoms with Crippen LogP contribution in [-0.2, 0) is 19.2 Å². The summed E-state index contributed by atoms with van der Waals surface area (Å²) in [7, 11) is 0. The molecule has 13 heteroatoms. The van der Waals surface area contributed by atoms with Crippen LogP contribution in [-0.4, -0.2) is 99.4 Å². The maximum atomic E-state index is 9.10. The van der Waals surface area contributed by atoms with Crippen molar-refractivity contribution in [1.29, 1.82) is 0 Å². The molecule has 11 nitrogen and oxygen atoms in total. The van der Waals surface area contributed by atoms with Gasteiger partial charge in [-0.1, -0.05) is 41.9 Å². The van der Waals surface area contributed by atoms with E-state index in [-0.39, 0.29) is 0 Å². The van der Waals surface area contributed by atoms with E-state index in [0.29, 0.717) is 0 Å². The summed E-state index contributed by atoms with van der Waals surface area (Å²) in [6.45, 7) is 7.28. The molecule has 3 heterocycles. The molecule has 0 saturated carbocycles. The number of anilines is 2. The van der Waals surface area contributed by atoms with Gasteiger partial charge in [0.1, 0.15) is 0 Å². The number of para-hydroxylation sites is 1. The second-order valence-electron chi connectivity index (χ2n) is 9.39. The lowest BCUT2D eigenvalue weighted by atomic mass is 9.99. The smallest absolute Gasteiger partial charge is 0.414 e. The molecule has 0 radical (unpaired) electrons. The van der Waals surface area contributed by atoms with Crippen LogP contribution in [0.1, 0.15) is 25.7 Å². The van der Waals surface area contributed by atoms with Gasteiger partial charge in [-0.2, -0.15) is 0 Å². The van der Waals surface area contributed by atoms with Crippen LogP contribution in [0.2, 0.25) is 5.02 Å². The van der Waals surface area contributed by atoms with Crippen LogP contribution >= 0.6 is 23.4 Å². The van der Waals surface area contributed by atoms with Gasteiger partial charge in [-0.25, -0.2) is 19.2 Å². The zero-order valence-corrected chi connectivity index (χ0v) is 23.3. The third-order valence-corrected chi connectivity index (χ3v) is 8.10. The zero-order chi connectivity index (χ0) is 29.2. The summed E-state index contributed by atoms with van der Waals surface area (Å²) in [5.41, 5.74) is 2.58. The lowest BCUT2D eigenvalue weighted by molar-refractivity contribution is -0.159. The molecule has 0 bridgehead atoms. The molecule has 3 aliphatic heterocycles. The van der Waals surface area contributed by atoms with Crippen LogP contribution in [0.3, 0.4) is 0 Å². The SMILES string of the molecule is Clc1ccc2c(c1)N(CCCN1CCN3CCCCC3C1)c1ccccc1S2.O=C(O)C(=O)O.O=C(O)C(=O)O. The highest BCUT2D eigenvalue weighted by molar-refractivity contribution is 7.99. The highest BCUT2D eigenvalue weighted by Crippen LogP contribution is 2.48. The van der Waals surface area contributed by atoms with Crippen LogP contribution in [0.4, 0.5) is 11.4 Å². The van der Waals surface area contributed by atoms with Crippen LogP contribution < -0.4 is 4.90 Å². The Morgan fingerprint density at radius 2 is 1.45 bits per heavy atom. The van der Waals surface area contributed by atoms with Crippen molar-refractivity contribution in [3.05, 3.63) is 47.5 Å². The van der Waals surface area contributed by atoms with E-state index in [4.69, 9.17) is 51.2 Å². The summed E-state index contributed by atoms with van der Waals surface area (Å²) in [5.74, 6) is -7.30. The van der Waals surface area contributed by atoms with Crippen molar-refractivity contribution < 1.29 is 39.6 Å². The fraction of sp³-hybridized carbons (Fsp3) is 0.407. The average Bonchev–Trinajstić information content (AvgIpc) is 2.93. The van der Waals surface area contributed by atoms with Crippen molar-refractivity contribution in [2.75, 3.05) is 44.2 Å². The van der Waals surface area contributed by atoms with E-state index >= 15 is 0 Å². The molecule has 0 spiro atoms. The van der Waals surface area contributed by atoms with E-state index in [9.17, 15) is 0 Å². The van der Waals surface area contributed by atoms with Crippen molar-refractivity contribution >= 4 is 58.6 Å². The first-order valence-corrected chi connectivity index (χ1v) is 14.0. The molecule has 40 heavy (non-hydrogen) atoms. The van der Waals surface area contributed by atoms with E-state index in [1.807, 2.05) is 17.8 Å². The number of rotatable bonds is 4. The molecule has 216 valence electrons. The van der Waals surface area contributed by atoms with Crippen LogP contribution in [0.15, 0.2) is 52.3 Å². The monoisotopic (exact) mass is 593 g/mol. The first-order valence-electron chi connectivity index (χ1n) is 12.8. The van der Waals surface area contributed by atoms with Crippen LogP contribution in [0.5, 0.6) is 0 Å². The van der Waals surface area contributed by atoms with Gasteiger partial charge in [-0.3, -0.25) is 4.90 Å². The standard InChI is InChI=1S/C23H28ClN3S.2C2H2O4/c24-18-9-10-23-21(16-18)27(20-7-1-2-8-22(20)28-23)13-5-11-25-14-15-26-12-4-3-6-19(26)17-25;2*3-1(4)2(5)6/h1-2,7-10,16,19H,3-6,11-15,17H2;2*(H,3,4)(H,5,6). The largest absolute Gasteiger partial charge is 0.473 e. The number of hydrogen-bond acceptors (Lipinski definition) is 8. The Morgan fingerprint density at radius 1 is 0.800 bits per heavy atom. The molecule has 1 atom stereocenters. The lowest BCUT2D eigenvalue weighted by Crippen LogP contribution is -2.54. The minimum absolute atomic E-state index is 0.800. The molecule has 0 aliphatic carbocycles. The number of hydrogen-bond donors (Lipinski definition) is 4. The molecular formula is C27H32ClN3O8S. The number of piperidine rings is 1. The predicted molar refractivity (Wildman–Crippen MR) is 150 cm³/mol. The lowest BCUT2D eigenvalue weighted by Gasteiger charge is -2.44. The maximum Gasteiger partial charge on any atom is 0.414 e. The number of nitrogens with zero attached hydrogens (tertiary/aromatic N) is 3. The predicted octanol–water partition coefficient (Wildman–Crippen LogP) is 3.81. The van der Waals surface area contributed by atoms with Crippen LogP contribution in [0, 0.1) is 0 Å². The van der Waals surface area contributed by atoms with Gasteiger partial charge in [0.05, 0.1) is 11.4 Å². The van der Waals surface area contributed by atoms with Gasteiger partial charge < -0.3 is 30.2 Å². The molecule has 2 aromatic rings. The van der Waals surface area contributed by atoms with Crippen LogP contribution in [0.25, 0.3) is 0 Å². The first kappa shape index (κ1) is 31.2. The van der Waals surface area contributed by atoms with Crippen molar-refractivity contribution in [2.45, 2.75) is 41.5 Å². The van der Waals surface area contributed by atoms with Gasteiger partial charge in [0.2, 0.25) is 0 Å². The molecule has 0 amide bonds. The molecule has 2 saturated heterocycles. The van der Waals surface area contributed by atoms with E-state index in [1.54, 1.807) is 0 Å². The number of piperazine rings is 1. The number of fused-ring (bicyclic) bond motifs is 3. The second-order valence-corrected chi connectivity index (χ2v) is 10.9. The molecule has 1 unspecified atom stereocenters. The minimum Gasteiger partial charge on any atom is -0.473 e. The van der Waals surface area contributed by atoms with Gasteiger partial charge in [0.25, 0.3) is 0 Å². The third-order valence-electron chi connectivity index (χ3n) is 6.73. The Hall–Kier alpha value is -3.32. The van der Waals surface area contributed by atoms with Crippen molar-refractivity contribution in [1.82, 2.24) is 9.80 Å². The van der Waals surface area contributed by atoms with Gasteiger partial charge in [0.15, 0.2) is 0 Å². The normalized spacial score (nSPS) is 17.9. The highest BCUT2D eigenvalue weighted by Gasteiger charge is 2.29. The minimum atomic E-state index is -1.82. The zero-order valence-electron chi connectivity index (χ0n) is 21.7. The quantitative estimate of drug-likeness (QED) is 0.380. The summed E-state index contributed by atoms with van der Waals surface area (Å²) >= 11 is 8.19. The molecule has 2 fully saturated rings. The van der Waals surface area contributed by atoms with E-state index in [0.717, 1.165) is 17.6 Å². The molecule has 2 aromatic carbocycles. The van der Waals surface area contributed by atoms with Gasteiger partial charge in [0, 0.05) is 47.0 Å². The maximum absolute atomic E-state index is 9.10. The summed E-state index contributed by atoms with van der Waals surface area (Å²) < 4.78 is 0. The number of carboxylic acid groups (broad SMARTS) is 4. The van der Waals surface area contributed by atoms with Gasteiger partial charge in [-0.15, -0.1) is 0 Å². The van der Waals surface area contributed by atoms with Crippen molar-refractivity contribution in [2.24, 2.45) is 0 Å². The fourth-order valence-corrected chi connectivity index (χ4v) is 6.16. The fourth-order valence-electron chi connectivity index (χ4n) is 4.92. The average molecular weight is 594 g/mol. The number of aliphatic carboxylic acids is 4. The second kappa shape index (κ2) is 14.9. The Labute approximate surface area is 240 Å². The molecule has 3 aliphatic rings. The first-order chi connectivity index (χ1) is 19.1. The van der Waals surface area contributed by atoms with Gasteiger partial charge in [-0.05, 0) is 62.7 Å². The molecule has 4 N–H and O–H groups in total. The van der Waals surface area contributed by atoms with E-state index in [2.05, 4.69) is 51.1 Å². The van der Waals surface area contributed by atoms with E-state index < -0.39 is 23.9 Å². The Balaban J connectivity index is 0.000000311. The number of carbonyl (C=O) groups is 4. The third kappa shape index (κ3) is 8.85. The van der Waals surface area contributed by atoms with Crippen molar-refractivity contribution in [3.63, 3.8) is 0 Å². The summed E-state index contributed by atoms with van der Waals surface area (Å²) in [6.07, 6.45) is 5.37. The molecule has 5 rings (SSSR count). The highest BCUT2D eigenvalue weighted by atomic mass is 35.5. The summed E-state index contributed by atoms with van der Waals surface area (Å²) in [4.78, 5) is 46.9. The molecular weight excluding hydrogens is 562 g/mol. The summed E-state index contributed by atoms with van der Waals surface area (Å²) in [6, 6.07) is 15.8. The Morgan fingerprint density at radius 3 is 2.12 bits per heavy atom. The topological polar surface area (TPSA) is 159 Å².